The number of benzene rings is 2. The van der Waals surface area contributed by atoms with Gasteiger partial charge >= 0.3 is 0 Å². The summed E-state index contributed by atoms with van der Waals surface area (Å²) in [5, 5.41) is 10.9. The maximum Gasteiger partial charge on any atom is 0.160 e. The van der Waals surface area contributed by atoms with Gasteiger partial charge in [-0.15, -0.1) is 0 Å². The highest BCUT2D eigenvalue weighted by Crippen LogP contribution is 2.31. The third-order valence-corrected chi connectivity index (χ3v) is 4.43. The fourth-order valence-corrected chi connectivity index (χ4v) is 2.96. The van der Waals surface area contributed by atoms with E-state index in [0.29, 0.717) is 5.75 Å². The number of ether oxygens (including phenoxy) is 2. The summed E-state index contributed by atoms with van der Waals surface area (Å²) in [6, 6.07) is 11.6. The van der Waals surface area contributed by atoms with Gasteiger partial charge in [0.1, 0.15) is 5.75 Å². The molecule has 0 bridgehead atoms. The van der Waals surface area contributed by atoms with Gasteiger partial charge in [0.05, 0.1) is 14.2 Å². The number of rotatable bonds is 4. The SMILES string of the molecule is COc1ccc2c(c1)c(C)c(C)n2Cc1ccc(O)c(OC)c1. The number of phenolic OH excluding ortho intramolecular Hbond substituents is 1. The Balaban J connectivity index is 2.08. The lowest BCUT2D eigenvalue weighted by atomic mass is 10.1. The summed E-state index contributed by atoms with van der Waals surface area (Å²) >= 11 is 0. The molecule has 0 aliphatic rings. The minimum absolute atomic E-state index is 0.159. The average Bonchev–Trinajstić information content (AvgIpc) is 2.81. The molecular weight excluding hydrogens is 290 g/mol. The number of aromatic nitrogens is 1. The quantitative estimate of drug-likeness (QED) is 0.791. The fraction of sp³-hybridized carbons (Fsp3) is 0.263. The Labute approximate surface area is 135 Å². The predicted molar refractivity (Wildman–Crippen MR) is 91.7 cm³/mol. The molecule has 120 valence electrons. The Morgan fingerprint density at radius 1 is 1.00 bits per heavy atom. The van der Waals surface area contributed by atoms with Crippen LogP contribution in [0.15, 0.2) is 36.4 Å². The summed E-state index contributed by atoms with van der Waals surface area (Å²) in [5.74, 6) is 1.52. The highest BCUT2D eigenvalue weighted by atomic mass is 16.5. The summed E-state index contributed by atoms with van der Waals surface area (Å²) < 4.78 is 12.8. The first kappa shape index (κ1) is 15.3. The Morgan fingerprint density at radius 2 is 1.78 bits per heavy atom. The van der Waals surface area contributed by atoms with Crippen LogP contribution in [-0.2, 0) is 6.54 Å². The molecule has 4 nitrogen and oxygen atoms in total. The van der Waals surface area contributed by atoms with Crippen molar-refractivity contribution >= 4 is 10.9 Å². The van der Waals surface area contributed by atoms with Crippen molar-refractivity contribution in [3.8, 4) is 17.2 Å². The second kappa shape index (κ2) is 5.88. The normalized spacial score (nSPS) is 11.0. The number of nitrogens with zero attached hydrogens (tertiary/aromatic N) is 1. The van der Waals surface area contributed by atoms with Crippen molar-refractivity contribution in [1.82, 2.24) is 4.57 Å². The third kappa shape index (κ3) is 2.61. The van der Waals surface area contributed by atoms with E-state index in [1.807, 2.05) is 18.2 Å². The molecule has 0 aliphatic carbocycles. The van der Waals surface area contributed by atoms with Gasteiger partial charge in [0.15, 0.2) is 11.5 Å². The van der Waals surface area contributed by atoms with E-state index in [9.17, 15) is 5.11 Å². The zero-order chi connectivity index (χ0) is 16.6. The minimum Gasteiger partial charge on any atom is -0.504 e. The molecule has 3 aromatic rings. The first-order valence-corrected chi connectivity index (χ1v) is 7.54. The van der Waals surface area contributed by atoms with E-state index in [0.717, 1.165) is 17.9 Å². The van der Waals surface area contributed by atoms with Gasteiger partial charge in [0, 0.05) is 23.1 Å². The summed E-state index contributed by atoms with van der Waals surface area (Å²) in [7, 11) is 3.24. The first-order valence-electron chi connectivity index (χ1n) is 7.54. The van der Waals surface area contributed by atoms with Gasteiger partial charge in [-0.1, -0.05) is 6.07 Å². The van der Waals surface area contributed by atoms with Crippen molar-refractivity contribution in [2.24, 2.45) is 0 Å². The van der Waals surface area contributed by atoms with E-state index in [-0.39, 0.29) is 5.75 Å². The van der Waals surface area contributed by atoms with Crippen molar-refractivity contribution in [1.29, 1.82) is 0 Å². The molecule has 0 saturated heterocycles. The largest absolute Gasteiger partial charge is 0.504 e. The van der Waals surface area contributed by atoms with Crippen LogP contribution in [0.4, 0.5) is 0 Å². The van der Waals surface area contributed by atoms with Crippen LogP contribution in [0.1, 0.15) is 16.8 Å². The molecule has 1 heterocycles. The molecule has 0 amide bonds. The maximum absolute atomic E-state index is 9.74. The molecule has 23 heavy (non-hydrogen) atoms. The lowest BCUT2D eigenvalue weighted by molar-refractivity contribution is 0.373. The Bertz CT molecular complexity index is 865. The highest BCUT2D eigenvalue weighted by Gasteiger charge is 2.13. The molecule has 3 rings (SSSR count). The van der Waals surface area contributed by atoms with Crippen LogP contribution in [0.25, 0.3) is 10.9 Å². The van der Waals surface area contributed by atoms with E-state index in [1.54, 1.807) is 20.3 Å². The van der Waals surface area contributed by atoms with E-state index in [4.69, 9.17) is 9.47 Å². The number of methoxy groups -OCH3 is 2. The zero-order valence-electron chi connectivity index (χ0n) is 13.9. The standard InChI is InChI=1S/C19H21NO3/c1-12-13(2)20(17-7-6-15(22-3)10-16(12)17)11-14-5-8-18(21)19(9-14)23-4/h5-10,21H,11H2,1-4H3. The fourth-order valence-electron chi connectivity index (χ4n) is 2.96. The summed E-state index contributed by atoms with van der Waals surface area (Å²) in [6.07, 6.45) is 0. The van der Waals surface area contributed by atoms with Crippen LogP contribution >= 0.6 is 0 Å². The third-order valence-electron chi connectivity index (χ3n) is 4.43. The van der Waals surface area contributed by atoms with Crippen molar-refractivity contribution in [2.45, 2.75) is 20.4 Å². The number of phenols is 1. The van der Waals surface area contributed by atoms with Crippen LogP contribution in [0.2, 0.25) is 0 Å². The Morgan fingerprint density at radius 3 is 2.48 bits per heavy atom. The van der Waals surface area contributed by atoms with Crippen molar-refractivity contribution < 1.29 is 14.6 Å². The predicted octanol–water partition coefficient (Wildman–Crippen LogP) is 4.03. The second-order valence-corrected chi connectivity index (χ2v) is 5.69. The number of aromatic hydroxyl groups is 1. The smallest absolute Gasteiger partial charge is 0.160 e. The second-order valence-electron chi connectivity index (χ2n) is 5.69. The lowest BCUT2D eigenvalue weighted by Crippen LogP contribution is -2.02. The van der Waals surface area contributed by atoms with Crippen LogP contribution in [0.3, 0.4) is 0 Å². The van der Waals surface area contributed by atoms with E-state index < -0.39 is 0 Å². The van der Waals surface area contributed by atoms with Gasteiger partial charge in [-0.05, 0) is 55.3 Å². The molecule has 0 unspecified atom stereocenters. The van der Waals surface area contributed by atoms with Crippen molar-refractivity contribution in [3.05, 3.63) is 53.2 Å². The van der Waals surface area contributed by atoms with Crippen LogP contribution in [-0.4, -0.2) is 23.9 Å². The molecule has 0 aliphatic heterocycles. The monoisotopic (exact) mass is 311 g/mol. The topological polar surface area (TPSA) is 43.6 Å². The molecule has 1 aromatic heterocycles. The molecule has 1 N–H and O–H groups in total. The maximum atomic E-state index is 9.74. The van der Waals surface area contributed by atoms with Gasteiger partial charge in [0.25, 0.3) is 0 Å². The minimum atomic E-state index is 0.159. The molecule has 0 fully saturated rings. The lowest BCUT2D eigenvalue weighted by Gasteiger charge is -2.11. The summed E-state index contributed by atoms with van der Waals surface area (Å²) in [6.45, 7) is 4.98. The van der Waals surface area contributed by atoms with Crippen molar-refractivity contribution in [3.63, 3.8) is 0 Å². The van der Waals surface area contributed by atoms with Crippen molar-refractivity contribution in [2.75, 3.05) is 14.2 Å². The first-order chi connectivity index (χ1) is 11.0. The van der Waals surface area contributed by atoms with Gasteiger partial charge in [-0.3, -0.25) is 0 Å². The summed E-state index contributed by atoms with van der Waals surface area (Å²) in [5.41, 5.74) is 4.73. The molecule has 0 saturated carbocycles. The Hall–Kier alpha value is -2.62. The number of hydrogen-bond donors (Lipinski definition) is 1. The van der Waals surface area contributed by atoms with Crippen LogP contribution < -0.4 is 9.47 Å². The summed E-state index contributed by atoms with van der Waals surface area (Å²) in [4.78, 5) is 0. The van der Waals surface area contributed by atoms with Gasteiger partial charge < -0.3 is 19.1 Å². The molecule has 4 heteroatoms. The molecule has 0 atom stereocenters. The number of fused-ring (bicyclic) bond motifs is 1. The van der Waals surface area contributed by atoms with E-state index in [1.165, 1.54) is 22.2 Å². The van der Waals surface area contributed by atoms with E-state index in [2.05, 4.69) is 30.5 Å². The van der Waals surface area contributed by atoms with Crippen LogP contribution in [0.5, 0.6) is 17.2 Å². The average molecular weight is 311 g/mol. The molecule has 0 spiro atoms. The number of hydrogen-bond acceptors (Lipinski definition) is 3. The van der Waals surface area contributed by atoms with Gasteiger partial charge in [-0.2, -0.15) is 0 Å². The zero-order valence-corrected chi connectivity index (χ0v) is 13.9. The Kier molecular flexibility index (Phi) is 3.90. The number of aryl methyl sites for hydroxylation is 1. The van der Waals surface area contributed by atoms with Crippen LogP contribution in [0, 0.1) is 13.8 Å². The van der Waals surface area contributed by atoms with Gasteiger partial charge in [-0.25, -0.2) is 0 Å². The highest BCUT2D eigenvalue weighted by molar-refractivity contribution is 5.86. The molecule has 0 radical (unpaired) electrons. The molecule has 2 aromatic carbocycles. The van der Waals surface area contributed by atoms with E-state index >= 15 is 0 Å². The molecular formula is C19H21NO3. The van der Waals surface area contributed by atoms with Gasteiger partial charge in [0.2, 0.25) is 0 Å².